The molecule has 0 unspecified atom stereocenters. The first-order valence-electron chi connectivity index (χ1n) is 11.1. The number of rotatable bonds is 8. The van der Waals surface area contributed by atoms with E-state index in [0.717, 1.165) is 51.1 Å². The third-order valence-electron chi connectivity index (χ3n) is 5.97. The minimum atomic E-state index is -3.42. The van der Waals surface area contributed by atoms with Gasteiger partial charge in [0.05, 0.1) is 4.90 Å². The first-order valence-corrected chi connectivity index (χ1v) is 12.5. The summed E-state index contributed by atoms with van der Waals surface area (Å²) in [7, 11) is -3.42. The summed E-state index contributed by atoms with van der Waals surface area (Å²) in [5.41, 5.74) is 3.57. The van der Waals surface area contributed by atoms with Crippen molar-refractivity contribution in [1.82, 2.24) is 14.5 Å². The SMILES string of the molecule is Cc1cccc(CN2CCN(C(=O)CCc3ccc(S(=O)(=O)NC4CC4)cc3)CC2)c1. The Morgan fingerprint density at radius 2 is 1.71 bits per heavy atom. The second-order valence-corrected chi connectivity index (χ2v) is 10.4. The zero-order chi connectivity index (χ0) is 21.8. The van der Waals surface area contributed by atoms with E-state index in [0.29, 0.717) is 17.7 Å². The monoisotopic (exact) mass is 441 g/mol. The van der Waals surface area contributed by atoms with Gasteiger partial charge in [-0.3, -0.25) is 9.69 Å². The van der Waals surface area contributed by atoms with E-state index in [1.165, 1.54) is 11.1 Å². The molecule has 2 aliphatic rings. The van der Waals surface area contributed by atoms with E-state index < -0.39 is 10.0 Å². The van der Waals surface area contributed by atoms with Crippen LogP contribution in [0, 0.1) is 6.92 Å². The maximum atomic E-state index is 12.6. The average molecular weight is 442 g/mol. The molecular formula is C24H31N3O3S. The Balaban J connectivity index is 1.22. The van der Waals surface area contributed by atoms with E-state index in [1.54, 1.807) is 12.1 Å². The molecule has 166 valence electrons. The van der Waals surface area contributed by atoms with Crippen LogP contribution in [0.15, 0.2) is 53.4 Å². The lowest BCUT2D eigenvalue weighted by Crippen LogP contribution is -2.48. The first kappa shape index (κ1) is 22.0. The highest BCUT2D eigenvalue weighted by molar-refractivity contribution is 7.89. The Kier molecular flexibility index (Phi) is 6.74. The fourth-order valence-electron chi connectivity index (χ4n) is 3.96. The second-order valence-electron chi connectivity index (χ2n) is 8.69. The molecule has 7 heteroatoms. The Morgan fingerprint density at radius 1 is 1.00 bits per heavy atom. The van der Waals surface area contributed by atoms with E-state index in [1.807, 2.05) is 17.0 Å². The van der Waals surface area contributed by atoms with Crippen LogP contribution in [0.2, 0.25) is 0 Å². The van der Waals surface area contributed by atoms with E-state index in [2.05, 4.69) is 40.8 Å². The molecular weight excluding hydrogens is 410 g/mol. The lowest BCUT2D eigenvalue weighted by atomic mass is 10.1. The molecule has 0 aromatic heterocycles. The molecule has 2 aromatic rings. The van der Waals surface area contributed by atoms with Crippen molar-refractivity contribution >= 4 is 15.9 Å². The predicted octanol–water partition coefficient (Wildman–Crippen LogP) is 2.71. The molecule has 1 saturated carbocycles. The number of sulfonamides is 1. The van der Waals surface area contributed by atoms with Crippen LogP contribution in [0.4, 0.5) is 0 Å². The van der Waals surface area contributed by atoms with E-state index in [-0.39, 0.29) is 11.9 Å². The van der Waals surface area contributed by atoms with Crippen molar-refractivity contribution in [2.45, 2.75) is 50.1 Å². The van der Waals surface area contributed by atoms with Crippen molar-refractivity contribution in [3.05, 3.63) is 65.2 Å². The van der Waals surface area contributed by atoms with Crippen molar-refractivity contribution in [3.63, 3.8) is 0 Å². The number of carbonyl (C=O) groups excluding carboxylic acids is 1. The molecule has 0 spiro atoms. The van der Waals surface area contributed by atoms with Gasteiger partial charge < -0.3 is 4.90 Å². The normalized spacial score (nSPS) is 17.6. The number of carbonyl (C=O) groups is 1. The Hall–Kier alpha value is -2.22. The van der Waals surface area contributed by atoms with Gasteiger partial charge in [0.2, 0.25) is 15.9 Å². The summed E-state index contributed by atoms with van der Waals surface area (Å²) in [5, 5.41) is 0. The quantitative estimate of drug-likeness (QED) is 0.684. The lowest BCUT2D eigenvalue weighted by Gasteiger charge is -2.35. The smallest absolute Gasteiger partial charge is 0.240 e. The Bertz CT molecular complexity index is 1010. The van der Waals surface area contributed by atoms with E-state index in [4.69, 9.17) is 0 Å². The van der Waals surface area contributed by atoms with Crippen molar-refractivity contribution in [2.75, 3.05) is 26.2 Å². The number of aryl methyl sites for hydroxylation is 2. The number of benzene rings is 2. The number of piperazine rings is 1. The zero-order valence-corrected chi connectivity index (χ0v) is 18.9. The van der Waals surface area contributed by atoms with Gasteiger partial charge in [-0.25, -0.2) is 13.1 Å². The van der Waals surface area contributed by atoms with Gasteiger partial charge in [-0.15, -0.1) is 0 Å². The second kappa shape index (κ2) is 9.51. The number of amides is 1. The van der Waals surface area contributed by atoms with Crippen molar-refractivity contribution in [2.24, 2.45) is 0 Å². The maximum absolute atomic E-state index is 12.6. The van der Waals surface area contributed by atoms with Gasteiger partial charge in [0.1, 0.15) is 0 Å². The largest absolute Gasteiger partial charge is 0.340 e. The van der Waals surface area contributed by atoms with Gasteiger partial charge in [0, 0.05) is 45.2 Å². The minimum Gasteiger partial charge on any atom is -0.340 e. The molecule has 4 rings (SSSR count). The molecule has 6 nitrogen and oxygen atoms in total. The van der Waals surface area contributed by atoms with E-state index in [9.17, 15) is 13.2 Å². The van der Waals surface area contributed by atoms with Crippen molar-refractivity contribution < 1.29 is 13.2 Å². The third kappa shape index (κ3) is 6.15. The van der Waals surface area contributed by atoms with Crippen LogP contribution in [0.1, 0.15) is 36.0 Å². The minimum absolute atomic E-state index is 0.0968. The van der Waals surface area contributed by atoms with Gasteiger partial charge >= 0.3 is 0 Å². The fourth-order valence-corrected chi connectivity index (χ4v) is 5.26. The lowest BCUT2D eigenvalue weighted by molar-refractivity contribution is -0.133. The van der Waals surface area contributed by atoms with Crippen LogP contribution < -0.4 is 4.72 Å². The highest BCUT2D eigenvalue weighted by Gasteiger charge is 2.28. The summed E-state index contributed by atoms with van der Waals surface area (Å²) in [4.78, 5) is 17.3. The molecule has 1 amide bonds. The first-order chi connectivity index (χ1) is 14.9. The zero-order valence-electron chi connectivity index (χ0n) is 18.1. The summed E-state index contributed by atoms with van der Waals surface area (Å²) in [6.07, 6.45) is 2.91. The Morgan fingerprint density at radius 3 is 2.35 bits per heavy atom. The van der Waals surface area contributed by atoms with Crippen LogP contribution in [0.3, 0.4) is 0 Å². The summed E-state index contributed by atoms with van der Waals surface area (Å²) in [5.74, 6) is 0.169. The van der Waals surface area contributed by atoms with E-state index >= 15 is 0 Å². The molecule has 0 atom stereocenters. The highest BCUT2D eigenvalue weighted by Crippen LogP contribution is 2.22. The fraction of sp³-hybridized carbons (Fsp3) is 0.458. The number of hydrogen-bond acceptors (Lipinski definition) is 4. The van der Waals surface area contributed by atoms with Crippen LogP contribution in [-0.4, -0.2) is 56.3 Å². The molecule has 1 aliphatic heterocycles. The summed E-state index contributed by atoms with van der Waals surface area (Å²) >= 11 is 0. The predicted molar refractivity (Wildman–Crippen MR) is 121 cm³/mol. The molecule has 1 N–H and O–H groups in total. The van der Waals surface area contributed by atoms with Gasteiger partial charge in [-0.1, -0.05) is 42.0 Å². The topological polar surface area (TPSA) is 69.7 Å². The Labute approximate surface area is 185 Å². The summed E-state index contributed by atoms with van der Waals surface area (Å²) < 4.78 is 27.2. The summed E-state index contributed by atoms with van der Waals surface area (Å²) in [6.45, 7) is 6.33. The van der Waals surface area contributed by atoms with Crippen LogP contribution in [0.5, 0.6) is 0 Å². The van der Waals surface area contributed by atoms with Gasteiger partial charge in [0.15, 0.2) is 0 Å². The molecule has 1 aliphatic carbocycles. The summed E-state index contributed by atoms with van der Waals surface area (Å²) in [6, 6.07) is 15.6. The van der Waals surface area contributed by atoms with Crippen molar-refractivity contribution in [3.8, 4) is 0 Å². The van der Waals surface area contributed by atoms with Crippen LogP contribution in [-0.2, 0) is 27.8 Å². The van der Waals surface area contributed by atoms with Gasteiger partial charge in [-0.2, -0.15) is 0 Å². The molecule has 0 radical (unpaired) electrons. The molecule has 1 heterocycles. The van der Waals surface area contributed by atoms with Crippen molar-refractivity contribution in [1.29, 1.82) is 0 Å². The molecule has 2 aromatic carbocycles. The number of hydrogen-bond donors (Lipinski definition) is 1. The maximum Gasteiger partial charge on any atom is 0.240 e. The van der Waals surface area contributed by atoms with Crippen LogP contribution in [0.25, 0.3) is 0 Å². The third-order valence-corrected chi connectivity index (χ3v) is 7.51. The van der Waals surface area contributed by atoms with Crippen LogP contribution >= 0.6 is 0 Å². The molecule has 2 fully saturated rings. The van der Waals surface area contributed by atoms with Gasteiger partial charge in [0.25, 0.3) is 0 Å². The number of nitrogens with zero attached hydrogens (tertiary/aromatic N) is 2. The average Bonchev–Trinajstić information content (AvgIpc) is 3.56. The molecule has 0 bridgehead atoms. The molecule has 1 saturated heterocycles. The number of nitrogens with one attached hydrogen (secondary N) is 1. The standard InChI is InChI=1S/C24H31N3O3S/c1-19-3-2-4-21(17-19)18-26-13-15-27(16-14-26)24(28)12-7-20-5-10-23(11-6-20)31(29,30)25-22-8-9-22/h2-6,10-11,17,22,25H,7-9,12-16,18H2,1H3. The highest BCUT2D eigenvalue weighted by atomic mass is 32.2. The van der Waals surface area contributed by atoms with Gasteiger partial charge in [-0.05, 0) is 49.4 Å². The molecule has 31 heavy (non-hydrogen) atoms.